The molecule has 0 spiro atoms. The summed E-state index contributed by atoms with van der Waals surface area (Å²) in [5, 5.41) is 15.9. The lowest BCUT2D eigenvalue weighted by Crippen LogP contribution is -2.40. The third kappa shape index (κ3) is 4.07. The smallest absolute Gasteiger partial charge is 0.0584 e. The number of nitrogens with one attached hydrogen (secondary N) is 2. The van der Waals surface area contributed by atoms with Crippen LogP contribution in [0.4, 0.5) is 0 Å². The van der Waals surface area contributed by atoms with Crippen molar-refractivity contribution in [3.8, 4) is 0 Å². The summed E-state index contributed by atoms with van der Waals surface area (Å²) in [5.41, 5.74) is 0. The first-order valence-electron chi connectivity index (χ1n) is 5.44. The zero-order chi connectivity index (χ0) is 9.52. The minimum absolute atomic E-state index is 0.264. The predicted molar refractivity (Wildman–Crippen MR) is 54.8 cm³/mol. The first-order valence-corrected chi connectivity index (χ1v) is 5.44. The SMILES string of the molecule is CCC(CO)NC1CCCNCC1. The third-order valence-electron chi connectivity index (χ3n) is 2.76. The molecule has 0 aromatic carbocycles. The van der Waals surface area contributed by atoms with Gasteiger partial charge in [-0.3, -0.25) is 0 Å². The summed E-state index contributed by atoms with van der Waals surface area (Å²) in [6.45, 7) is 4.64. The van der Waals surface area contributed by atoms with Crippen molar-refractivity contribution in [1.29, 1.82) is 0 Å². The first-order chi connectivity index (χ1) is 6.36. The van der Waals surface area contributed by atoms with Crippen LogP contribution in [0.1, 0.15) is 32.6 Å². The van der Waals surface area contributed by atoms with Gasteiger partial charge in [0, 0.05) is 12.1 Å². The highest BCUT2D eigenvalue weighted by Crippen LogP contribution is 2.06. The van der Waals surface area contributed by atoms with Gasteiger partial charge in [0.05, 0.1) is 6.61 Å². The maximum atomic E-state index is 9.05. The number of rotatable bonds is 4. The number of hydrogen-bond acceptors (Lipinski definition) is 3. The fourth-order valence-corrected chi connectivity index (χ4v) is 1.82. The van der Waals surface area contributed by atoms with Crippen LogP contribution in [0.3, 0.4) is 0 Å². The van der Waals surface area contributed by atoms with E-state index >= 15 is 0 Å². The lowest BCUT2D eigenvalue weighted by molar-refractivity contribution is 0.224. The minimum Gasteiger partial charge on any atom is -0.395 e. The summed E-state index contributed by atoms with van der Waals surface area (Å²) >= 11 is 0. The Hall–Kier alpha value is -0.120. The Morgan fingerprint density at radius 3 is 3.00 bits per heavy atom. The summed E-state index contributed by atoms with van der Waals surface area (Å²) in [7, 11) is 0. The molecule has 3 heteroatoms. The van der Waals surface area contributed by atoms with E-state index in [2.05, 4.69) is 17.6 Å². The van der Waals surface area contributed by atoms with E-state index in [1.807, 2.05) is 0 Å². The van der Waals surface area contributed by atoms with Crippen molar-refractivity contribution in [3.63, 3.8) is 0 Å². The van der Waals surface area contributed by atoms with E-state index in [4.69, 9.17) is 5.11 Å². The van der Waals surface area contributed by atoms with Crippen LogP contribution in [0.2, 0.25) is 0 Å². The number of aliphatic hydroxyl groups is 1. The molecule has 0 aromatic heterocycles. The van der Waals surface area contributed by atoms with Crippen molar-refractivity contribution >= 4 is 0 Å². The van der Waals surface area contributed by atoms with Gasteiger partial charge in [0.1, 0.15) is 0 Å². The molecular formula is C10H22N2O. The van der Waals surface area contributed by atoms with E-state index in [9.17, 15) is 0 Å². The Bertz CT molecular complexity index is 118. The molecule has 1 aliphatic rings. The summed E-state index contributed by atoms with van der Waals surface area (Å²) in [6, 6.07) is 0.898. The van der Waals surface area contributed by atoms with Gasteiger partial charge in [-0.2, -0.15) is 0 Å². The quantitative estimate of drug-likeness (QED) is 0.598. The number of hydrogen-bond donors (Lipinski definition) is 3. The van der Waals surface area contributed by atoms with Gasteiger partial charge in [0.25, 0.3) is 0 Å². The molecule has 0 radical (unpaired) electrons. The van der Waals surface area contributed by atoms with E-state index in [1.165, 1.54) is 19.3 Å². The van der Waals surface area contributed by atoms with Crippen LogP contribution in [0.25, 0.3) is 0 Å². The second kappa shape index (κ2) is 6.35. The van der Waals surface area contributed by atoms with Crippen molar-refractivity contribution in [3.05, 3.63) is 0 Å². The fraction of sp³-hybridized carbons (Fsp3) is 1.00. The van der Waals surface area contributed by atoms with Crippen LogP contribution >= 0.6 is 0 Å². The highest BCUT2D eigenvalue weighted by molar-refractivity contribution is 4.76. The van der Waals surface area contributed by atoms with E-state index in [1.54, 1.807) is 0 Å². The van der Waals surface area contributed by atoms with Gasteiger partial charge in [-0.25, -0.2) is 0 Å². The van der Waals surface area contributed by atoms with Crippen LogP contribution in [0.5, 0.6) is 0 Å². The number of aliphatic hydroxyl groups excluding tert-OH is 1. The predicted octanol–water partition coefficient (Wildman–Crippen LogP) is 0.489. The second-order valence-corrected chi connectivity index (χ2v) is 3.83. The van der Waals surface area contributed by atoms with E-state index in [0.717, 1.165) is 19.5 Å². The van der Waals surface area contributed by atoms with Crippen LogP contribution in [-0.2, 0) is 0 Å². The van der Waals surface area contributed by atoms with Crippen LogP contribution in [-0.4, -0.2) is 36.9 Å². The molecule has 2 unspecified atom stereocenters. The molecule has 1 fully saturated rings. The fourth-order valence-electron chi connectivity index (χ4n) is 1.82. The average molecular weight is 186 g/mol. The van der Waals surface area contributed by atoms with Crippen molar-refractivity contribution in [1.82, 2.24) is 10.6 Å². The Kier molecular flexibility index (Phi) is 5.35. The topological polar surface area (TPSA) is 44.3 Å². The Morgan fingerprint density at radius 2 is 2.31 bits per heavy atom. The van der Waals surface area contributed by atoms with Crippen molar-refractivity contribution in [2.24, 2.45) is 0 Å². The van der Waals surface area contributed by atoms with Gasteiger partial charge >= 0.3 is 0 Å². The Morgan fingerprint density at radius 1 is 1.46 bits per heavy atom. The molecular weight excluding hydrogens is 164 g/mol. The second-order valence-electron chi connectivity index (χ2n) is 3.83. The van der Waals surface area contributed by atoms with Gasteiger partial charge in [0.2, 0.25) is 0 Å². The zero-order valence-electron chi connectivity index (χ0n) is 8.55. The molecule has 0 saturated carbocycles. The molecule has 0 bridgehead atoms. The van der Waals surface area contributed by atoms with Crippen molar-refractivity contribution in [2.45, 2.75) is 44.7 Å². The van der Waals surface area contributed by atoms with Gasteiger partial charge in [0.15, 0.2) is 0 Å². The van der Waals surface area contributed by atoms with Crippen molar-refractivity contribution < 1.29 is 5.11 Å². The van der Waals surface area contributed by atoms with Crippen molar-refractivity contribution in [2.75, 3.05) is 19.7 Å². The summed E-state index contributed by atoms with van der Waals surface area (Å²) in [5.74, 6) is 0. The molecule has 0 amide bonds. The largest absolute Gasteiger partial charge is 0.395 e. The lowest BCUT2D eigenvalue weighted by atomic mass is 10.1. The molecule has 3 N–H and O–H groups in total. The van der Waals surface area contributed by atoms with Gasteiger partial charge in [-0.15, -0.1) is 0 Å². The van der Waals surface area contributed by atoms with Gasteiger partial charge in [-0.1, -0.05) is 6.92 Å². The molecule has 3 nitrogen and oxygen atoms in total. The average Bonchev–Trinajstić information content (AvgIpc) is 2.42. The standard InChI is InChI=1S/C10H22N2O/c1-2-9(8-13)12-10-4-3-6-11-7-5-10/h9-13H,2-8H2,1H3. The third-order valence-corrected chi connectivity index (χ3v) is 2.76. The van der Waals surface area contributed by atoms with Gasteiger partial charge < -0.3 is 15.7 Å². The van der Waals surface area contributed by atoms with E-state index < -0.39 is 0 Å². The van der Waals surface area contributed by atoms with Crippen LogP contribution in [0.15, 0.2) is 0 Å². The molecule has 1 rings (SSSR count). The van der Waals surface area contributed by atoms with Crippen LogP contribution in [0, 0.1) is 0 Å². The molecule has 1 heterocycles. The maximum Gasteiger partial charge on any atom is 0.0584 e. The van der Waals surface area contributed by atoms with Crippen LogP contribution < -0.4 is 10.6 Å². The lowest BCUT2D eigenvalue weighted by Gasteiger charge is -2.22. The molecule has 1 aliphatic heterocycles. The maximum absolute atomic E-state index is 9.05. The summed E-state index contributed by atoms with van der Waals surface area (Å²) in [4.78, 5) is 0. The monoisotopic (exact) mass is 186 g/mol. The minimum atomic E-state index is 0.264. The molecule has 13 heavy (non-hydrogen) atoms. The molecule has 0 aliphatic carbocycles. The summed E-state index contributed by atoms with van der Waals surface area (Å²) in [6.07, 6.45) is 4.69. The highest BCUT2D eigenvalue weighted by Gasteiger charge is 2.14. The molecule has 1 saturated heterocycles. The normalized spacial score (nSPS) is 26.8. The summed E-state index contributed by atoms with van der Waals surface area (Å²) < 4.78 is 0. The van der Waals surface area contributed by atoms with Gasteiger partial charge in [-0.05, 0) is 38.8 Å². The Labute approximate surface area is 80.9 Å². The van der Waals surface area contributed by atoms with E-state index in [-0.39, 0.29) is 6.61 Å². The molecule has 2 atom stereocenters. The van der Waals surface area contributed by atoms with E-state index in [0.29, 0.717) is 12.1 Å². The molecule has 0 aromatic rings. The molecule has 78 valence electrons. The zero-order valence-corrected chi connectivity index (χ0v) is 8.55. The first kappa shape index (κ1) is 11.0. The highest BCUT2D eigenvalue weighted by atomic mass is 16.3. The Balaban J connectivity index is 2.24.